The van der Waals surface area contributed by atoms with Crippen molar-refractivity contribution in [1.82, 2.24) is 9.80 Å². The van der Waals surface area contributed by atoms with Crippen LogP contribution >= 0.6 is 24.8 Å². The van der Waals surface area contributed by atoms with Crippen molar-refractivity contribution < 1.29 is 23.0 Å². The zero-order valence-electron chi connectivity index (χ0n) is 20.6. The third-order valence-corrected chi connectivity index (χ3v) is 7.51. The SMILES string of the molecule is C[C@H](c1ccccc1)N1CCN(CC(c2cccc(OC(F)(F)F)c2)C2CCCC[C@@H]2O)CC1.Cl.Cl. The lowest BCUT2D eigenvalue weighted by atomic mass is 9.74. The molecule has 1 saturated carbocycles. The van der Waals surface area contributed by atoms with Crippen molar-refractivity contribution in [1.29, 1.82) is 0 Å². The normalized spacial score (nSPS) is 23.1. The van der Waals surface area contributed by atoms with E-state index < -0.39 is 12.5 Å². The van der Waals surface area contributed by atoms with Crippen LogP contribution in [-0.4, -0.2) is 60.1 Å². The number of aliphatic hydroxyl groups excluding tert-OH is 1. The van der Waals surface area contributed by atoms with Crippen LogP contribution in [0.4, 0.5) is 13.2 Å². The molecule has 0 aromatic heterocycles. The van der Waals surface area contributed by atoms with Gasteiger partial charge in [-0.05, 0) is 48.9 Å². The molecule has 36 heavy (non-hydrogen) atoms. The maximum atomic E-state index is 12.8. The van der Waals surface area contributed by atoms with E-state index in [1.54, 1.807) is 6.07 Å². The van der Waals surface area contributed by atoms with E-state index >= 15 is 0 Å². The van der Waals surface area contributed by atoms with Crippen molar-refractivity contribution >= 4 is 24.8 Å². The Balaban J connectivity index is 0.00000228. The molecule has 4 atom stereocenters. The average Bonchev–Trinajstić information content (AvgIpc) is 2.83. The zero-order chi connectivity index (χ0) is 24.1. The van der Waals surface area contributed by atoms with Crippen molar-refractivity contribution in [2.24, 2.45) is 5.92 Å². The topological polar surface area (TPSA) is 35.9 Å². The Morgan fingerprint density at radius 2 is 1.56 bits per heavy atom. The Bertz CT molecular complexity index is 911. The van der Waals surface area contributed by atoms with Gasteiger partial charge in [-0.2, -0.15) is 0 Å². The van der Waals surface area contributed by atoms with Gasteiger partial charge in [-0.25, -0.2) is 0 Å². The highest BCUT2D eigenvalue weighted by Crippen LogP contribution is 2.39. The molecule has 1 saturated heterocycles. The van der Waals surface area contributed by atoms with Crippen LogP contribution in [0.2, 0.25) is 0 Å². The summed E-state index contributed by atoms with van der Waals surface area (Å²) in [6, 6.07) is 17.2. The summed E-state index contributed by atoms with van der Waals surface area (Å²) >= 11 is 0. The first-order valence-corrected chi connectivity index (χ1v) is 12.4. The van der Waals surface area contributed by atoms with Crippen molar-refractivity contribution in [3.8, 4) is 5.75 Å². The van der Waals surface area contributed by atoms with Crippen LogP contribution in [0.25, 0.3) is 0 Å². The van der Waals surface area contributed by atoms with E-state index in [1.165, 1.54) is 17.7 Å². The summed E-state index contributed by atoms with van der Waals surface area (Å²) in [4.78, 5) is 4.88. The quantitative estimate of drug-likeness (QED) is 0.431. The number of benzene rings is 2. The molecule has 4 nitrogen and oxygen atoms in total. The predicted molar refractivity (Wildman–Crippen MR) is 141 cm³/mol. The van der Waals surface area contributed by atoms with Crippen LogP contribution < -0.4 is 4.74 Å². The van der Waals surface area contributed by atoms with E-state index in [4.69, 9.17) is 0 Å². The van der Waals surface area contributed by atoms with Crippen molar-refractivity contribution in [2.75, 3.05) is 32.7 Å². The molecular formula is C27H37Cl2F3N2O2. The van der Waals surface area contributed by atoms with Gasteiger partial charge in [0.15, 0.2) is 0 Å². The molecule has 1 heterocycles. The number of aliphatic hydroxyl groups is 1. The molecule has 2 aromatic carbocycles. The highest BCUT2D eigenvalue weighted by molar-refractivity contribution is 5.85. The monoisotopic (exact) mass is 548 g/mol. The molecule has 9 heteroatoms. The molecule has 2 aliphatic rings. The summed E-state index contributed by atoms with van der Waals surface area (Å²) in [5.41, 5.74) is 2.12. The van der Waals surface area contributed by atoms with Crippen LogP contribution in [0.1, 0.15) is 55.7 Å². The highest BCUT2D eigenvalue weighted by Gasteiger charge is 2.35. The molecule has 0 radical (unpaired) electrons. The number of piperazine rings is 1. The zero-order valence-corrected chi connectivity index (χ0v) is 22.2. The average molecular weight is 550 g/mol. The number of rotatable bonds is 7. The Kier molecular flexibility index (Phi) is 11.8. The Morgan fingerprint density at radius 3 is 2.19 bits per heavy atom. The number of hydrogen-bond acceptors (Lipinski definition) is 4. The number of halogens is 5. The second-order valence-electron chi connectivity index (χ2n) is 9.67. The van der Waals surface area contributed by atoms with E-state index in [0.717, 1.165) is 64.0 Å². The Hall–Kier alpha value is -1.51. The van der Waals surface area contributed by atoms with Gasteiger partial charge in [-0.1, -0.05) is 55.3 Å². The first-order valence-electron chi connectivity index (χ1n) is 12.4. The van der Waals surface area contributed by atoms with Crippen LogP contribution in [0, 0.1) is 5.92 Å². The molecule has 1 aliphatic heterocycles. The predicted octanol–water partition coefficient (Wildman–Crippen LogP) is 6.44. The van der Waals surface area contributed by atoms with E-state index in [1.807, 2.05) is 12.1 Å². The van der Waals surface area contributed by atoms with Gasteiger partial charge in [0.05, 0.1) is 6.10 Å². The standard InChI is InChI=1S/C27H35F3N2O2.2ClH/c1-20(21-8-3-2-4-9-21)32-16-14-31(15-17-32)19-25(24-12-5-6-13-26(24)33)22-10-7-11-23(18-22)34-27(28,29)30;;/h2-4,7-11,18,20,24-26,33H,5-6,12-17,19H2,1H3;2*1H/t20-,24?,25?,26+;;/m1../s1. The number of hydrogen-bond donors (Lipinski definition) is 1. The van der Waals surface area contributed by atoms with Gasteiger partial charge >= 0.3 is 6.36 Å². The molecule has 2 aromatic rings. The van der Waals surface area contributed by atoms with E-state index in [0.29, 0.717) is 6.04 Å². The molecule has 0 bridgehead atoms. The Morgan fingerprint density at radius 1 is 0.917 bits per heavy atom. The van der Waals surface area contributed by atoms with Gasteiger partial charge in [0, 0.05) is 44.7 Å². The number of nitrogens with zero attached hydrogens (tertiary/aromatic N) is 2. The molecule has 4 rings (SSSR count). The fourth-order valence-electron chi connectivity index (χ4n) is 5.59. The lowest BCUT2D eigenvalue weighted by molar-refractivity contribution is -0.274. The maximum absolute atomic E-state index is 12.8. The molecule has 0 spiro atoms. The molecule has 202 valence electrons. The first-order chi connectivity index (χ1) is 16.3. The summed E-state index contributed by atoms with van der Waals surface area (Å²) in [6.45, 7) is 6.63. The summed E-state index contributed by atoms with van der Waals surface area (Å²) < 4.78 is 42.6. The molecular weight excluding hydrogens is 512 g/mol. The second-order valence-corrected chi connectivity index (χ2v) is 9.67. The van der Waals surface area contributed by atoms with Gasteiger partial charge in [-0.3, -0.25) is 4.90 Å². The van der Waals surface area contributed by atoms with Crippen LogP contribution in [0.15, 0.2) is 54.6 Å². The van der Waals surface area contributed by atoms with E-state index in [-0.39, 0.29) is 42.4 Å². The Labute approximate surface area is 224 Å². The second kappa shape index (κ2) is 13.9. The van der Waals surface area contributed by atoms with Gasteiger partial charge in [0.2, 0.25) is 0 Å². The number of alkyl halides is 3. The highest BCUT2D eigenvalue weighted by atomic mass is 35.5. The summed E-state index contributed by atoms with van der Waals surface area (Å²) in [6.07, 6.45) is -1.46. The number of ether oxygens (including phenoxy) is 1. The van der Waals surface area contributed by atoms with Crippen molar-refractivity contribution in [3.63, 3.8) is 0 Å². The van der Waals surface area contributed by atoms with Gasteiger partial charge < -0.3 is 14.7 Å². The molecule has 2 unspecified atom stereocenters. The van der Waals surface area contributed by atoms with Gasteiger partial charge in [0.1, 0.15) is 5.75 Å². The van der Waals surface area contributed by atoms with Crippen molar-refractivity contribution in [3.05, 3.63) is 65.7 Å². The van der Waals surface area contributed by atoms with Crippen LogP contribution in [0.3, 0.4) is 0 Å². The lowest BCUT2D eigenvalue weighted by Crippen LogP contribution is -2.49. The third-order valence-electron chi connectivity index (χ3n) is 7.51. The fraction of sp³-hybridized carbons (Fsp3) is 0.556. The minimum atomic E-state index is -4.72. The first kappa shape index (κ1) is 30.7. The summed E-state index contributed by atoms with van der Waals surface area (Å²) in [5.74, 6) is -0.192. The lowest BCUT2D eigenvalue weighted by Gasteiger charge is -2.42. The molecule has 2 fully saturated rings. The molecule has 1 aliphatic carbocycles. The fourth-order valence-corrected chi connectivity index (χ4v) is 5.59. The smallest absolute Gasteiger partial charge is 0.406 e. The van der Waals surface area contributed by atoms with Crippen LogP contribution in [0.5, 0.6) is 5.75 Å². The minimum absolute atomic E-state index is 0. The summed E-state index contributed by atoms with van der Waals surface area (Å²) in [7, 11) is 0. The van der Waals surface area contributed by atoms with Crippen LogP contribution in [-0.2, 0) is 0 Å². The van der Waals surface area contributed by atoms with Crippen molar-refractivity contribution in [2.45, 2.75) is 57.0 Å². The minimum Gasteiger partial charge on any atom is -0.406 e. The van der Waals surface area contributed by atoms with E-state index in [2.05, 4.69) is 45.7 Å². The third kappa shape index (κ3) is 8.25. The molecule has 1 N–H and O–H groups in total. The van der Waals surface area contributed by atoms with Gasteiger partial charge in [-0.15, -0.1) is 38.0 Å². The molecule has 0 amide bonds. The maximum Gasteiger partial charge on any atom is 0.573 e. The summed E-state index contributed by atoms with van der Waals surface area (Å²) in [5, 5.41) is 10.8. The van der Waals surface area contributed by atoms with E-state index in [9.17, 15) is 18.3 Å². The van der Waals surface area contributed by atoms with Gasteiger partial charge in [0.25, 0.3) is 0 Å². The largest absolute Gasteiger partial charge is 0.573 e.